The van der Waals surface area contributed by atoms with Crippen molar-refractivity contribution in [2.45, 2.75) is 0 Å². The van der Waals surface area contributed by atoms with Gasteiger partial charge in [0.25, 0.3) is 0 Å². The molecule has 0 fully saturated rings. The lowest BCUT2D eigenvalue weighted by Crippen LogP contribution is -1.91. The SMILES string of the molecule is [2H]c1c([2H])c([2H])c2c(c1[2H])c([2H])c([2H])c1c3cc(-c4c5ccccc5c(-c5cccc6ccccc56)c5ccccc45)ccc3oc21. The normalized spacial score (nSPS) is 14.0. The molecule has 0 amide bonds. The lowest BCUT2D eigenvalue weighted by molar-refractivity contribution is 0.672. The number of rotatable bonds is 2. The molecule has 8 aromatic carbocycles. The maximum atomic E-state index is 8.99. The van der Waals surface area contributed by atoms with Gasteiger partial charge in [-0.25, -0.2) is 0 Å². The molecule has 0 aliphatic rings. The monoisotopic (exact) mass is 526 g/mol. The van der Waals surface area contributed by atoms with Crippen LogP contribution < -0.4 is 0 Å². The molecule has 0 radical (unpaired) electrons. The first-order chi connectivity index (χ1) is 22.8. The zero-order chi connectivity index (χ0) is 32.1. The molecule has 9 rings (SSSR count). The summed E-state index contributed by atoms with van der Waals surface area (Å²) in [6.45, 7) is 0. The van der Waals surface area contributed by atoms with E-state index in [4.69, 9.17) is 12.6 Å². The van der Waals surface area contributed by atoms with Crippen LogP contribution in [0.15, 0.2) is 150 Å². The van der Waals surface area contributed by atoms with Crippen molar-refractivity contribution in [2.24, 2.45) is 0 Å². The van der Waals surface area contributed by atoms with Crippen molar-refractivity contribution in [1.29, 1.82) is 0 Å². The molecular formula is C40H24O. The summed E-state index contributed by atoms with van der Waals surface area (Å²) in [5, 5.41) is 7.86. The zero-order valence-corrected chi connectivity index (χ0v) is 21.8. The zero-order valence-electron chi connectivity index (χ0n) is 27.8. The predicted octanol–water partition coefficient (Wildman–Crippen LogP) is 11.5. The highest BCUT2D eigenvalue weighted by molar-refractivity contribution is 6.24. The molecule has 9 aromatic rings. The first-order valence-electron chi connectivity index (χ1n) is 16.6. The second kappa shape index (κ2) is 8.55. The van der Waals surface area contributed by atoms with Crippen molar-refractivity contribution >= 4 is 65.0 Å². The van der Waals surface area contributed by atoms with Gasteiger partial charge in [-0.15, -0.1) is 0 Å². The Bertz CT molecular complexity index is 2750. The molecule has 0 atom stereocenters. The fourth-order valence-electron chi connectivity index (χ4n) is 6.43. The van der Waals surface area contributed by atoms with Gasteiger partial charge >= 0.3 is 0 Å². The molecule has 1 heterocycles. The maximum absolute atomic E-state index is 8.99. The molecule has 41 heavy (non-hydrogen) atoms. The molecule has 0 saturated carbocycles. The fourth-order valence-corrected chi connectivity index (χ4v) is 6.43. The minimum absolute atomic E-state index is 0.00575. The molecule has 1 nitrogen and oxygen atoms in total. The molecule has 0 aliphatic heterocycles. The summed E-state index contributed by atoms with van der Waals surface area (Å²) < 4.78 is 57.6. The Labute approximate surface area is 245 Å². The topological polar surface area (TPSA) is 13.1 Å². The average molecular weight is 527 g/mol. The highest BCUT2D eigenvalue weighted by Crippen LogP contribution is 2.46. The molecule has 190 valence electrons. The van der Waals surface area contributed by atoms with E-state index >= 15 is 0 Å². The summed E-state index contributed by atoms with van der Waals surface area (Å²) in [6, 6.07) is 35.8. The minimum Gasteiger partial charge on any atom is -0.455 e. The molecule has 0 spiro atoms. The summed E-state index contributed by atoms with van der Waals surface area (Å²) in [4.78, 5) is 0. The summed E-state index contributed by atoms with van der Waals surface area (Å²) in [6.07, 6.45) is 0. The second-order valence-corrected chi connectivity index (χ2v) is 10.4. The Hall–Kier alpha value is -5.40. The van der Waals surface area contributed by atoms with Crippen molar-refractivity contribution < 1.29 is 12.6 Å². The van der Waals surface area contributed by atoms with Gasteiger partial charge in [0.2, 0.25) is 0 Å². The number of furan rings is 1. The van der Waals surface area contributed by atoms with Gasteiger partial charge in [0.1, 0.15) is 11.2 Å². The first-order valence-corrected chi connectivity index (χ1v) is 13.6. The Morgan fingerprint density at radius 3 is 1.88 bits per heavy atom. The van der Waals surface area contributed by atoms with E-state index in [1.165, 1.54) is 16.3 Å². The largest absolute Gasteiger partial charge is 0.455 e. The highest BCUT2D eigenvalue weighted by atomic mass is 16.3. The van der Waals surface area contributed by atoms with Crippen LogP contribution in [0.4, 0.5) is 0 Å². The van der Waals surface area contributed by atoms with Crippen molar-refractivity contribution in [2.75, 3.05) is 0 Å². The molecular weight excluding hydrogens is 496 g/mol. The van der Waals surface area contributed by atoms with E-state index in [0.717, 1.165) is 38.2 Å². The van der Waals surface area contributed by atoms with Gasteiger partial charge in [-0.1, -0.05) is 127 Å². The smallest absolute Gasteiger partial charge is 0.143 e. The second-order valence-electron chi connectivity index (χ2n) is 10.4. The van der Waals surface area contributed by atoms with Gasteiger partial charge in [0.15, 0.2) is 0 Å². The van der Waals surface area contributed by atoms with Crippen LogP contribution >= 0.6 is 0 Å². The Kier molecular flexibility index (Phi) is 3.61. The summed E-state index contributed by atoms with van der Waals surface area (Å²) in [7, 11) is 0. The van der Waals surface area contributed by atoms with E-state index in [0.29, 0.717) is 16.4 Å². The average Bonchev–Trinajstić information content (AvgIpc) is 3.49. The highest BCUT2D eigenvalue weighted by Gasteiger charge is 2.19. The fraction of sp³-hybridized carbons (Fsp3) is 0. The third-order valence-corrected chi connectivity index (χ3v) is 8.19. The lowest BCUT2D eigenvalue weighted by atomic mass is 9.84. The van der Waals surface area contributed by atoms with E-state index < -0.39 is 12.1 Å². The Morgan fingerprint density at radius 2 is 1.10 bits per heavy atom. The Morgan fingerprint density at radius 1 is 0.439 bits per heavy atom. The molecule has 1 heteroatoms. The predicted molar refractivity (Wildman–Crippen MR) is 175 cm³/mol. The van der Waals surface area contributed by atoms with E-state index in [-0.39, 0.29) is 40.5 Å². The lowest BCUT2D eigenvalue weighted by Gasteiger charge is -2.18. The van der Waals surface area contributed by atoms with Gasteiger partial charge < -0.3 is 4.42 Å². The molecule has 0 bridgehead atoms. The third-order valence-electron chi connectivity index (χ3n) is 8.19. The van der Waals surface area contributed by atoms with Crippen molar-refractivity contribution in [1.82, 2.24) is 0 Å². The van der Waals surface area contributed by atoms with Crippen molar-refractivity contribution in [3.8, 4) is 22.3 Å². The van der Waals surface area contributed by atoms with Gasteiger partial charge in [-0.05, 0) is 78.1 Å². The number of fused-ring (bicyclic) bond motifs is 8. The first kappa shape index (κ1) is 17.3. The van der Waals surface area contributed by atoms with Gasteiger partial charge in [0.05, 0.1) is 8.22 Å². The van der Waals surface area contributed by atoms with Crippen LogP contribution in [0, 0.1) is 0 Å². The molecule has 1 aromatic heterocycles. The van der Waals surface area contributed by atoms with Crippen LogP contribution in [0.3, 0.4) is 0 Å². The number of hydrogen-bond donors (Lipinski definition) is 0. The van der Waals surface area contributed by atoms with E-state index in [2.05, 4.69) is 78.9 Å². The van der Waals surface area contributed by atoms with Gasteiger partial charge in [-0.2, -0.15) is 0 Å². The molecule has 0 saturated heterocycles. The molecule has 0 aliphatic carbocycles. The van der Waals surface area contributed by atoms with Crippen LogP contribution in [-0.4, -0.2) is 0 Å². The van der Waals surface area contributed by atoms with E-state index in [9.17, 15) is 0 Å². The summed E-state index contributed by atoms with van der Waals surface area (Å²) in [5.41, 5.74) is 4.96. The van der Waals surface area contributed by atoms with Crippen LogP contribution in [-0.2, 0) is 0 Å². The standard InChI is InChI=1S/C40H24O/c1-3-13-28-25(10-1)12-9-19-30(28)39-33-17-7-5-15-31(33)38(32-16-6-8-18-34(32)39)27-21-23-37-36(24-27)35-22-20-26-11-2-4-14-29(26)40(35)41-37/h1-24H/i2D,4D,11D,14D,20D,22D. The van der Waals surface area contributed by atoms with Gasteiger partial charge in [0, 0.05) is 16.2 Å². The van der Waals surface area contributed by atoms with Crippen molar-refractivity contribution in [3.63, 3.8) is 0 Å². The van der Waals surface area contributed by atoms with Crippen LogP contribution in [0.2, 0.25) is 0 Å². The Balaban J connectivity index is 1.40. The quantitative estimate of drug-likeness (QED) is 0.204. The van der Waals surface area contributed by atoms with Crippen LogP contribution in [0.5, 0.6) is 0 Å². The summed E-state index contributed by atoms with van der Waals surface area (Å²) >= 11 is 0. The third kappa shape index (κ3) is 3.24. The molecule has 0 N–H and O–H groups in total. The van der Waals surface area contributed by atoms with Gasteiger partial charge in [-0.3, -0.25) is 0 Å². The minimum atomic E-state index is -0.432. The molecule has 0 unspecified atom stereocenters. The van der Waals surface area contributed by atoms with Crippen molar-refractivity contribution in [3.05, 3.63) is 145 Å². The van der Waals surface area contributed by atoms with Crippen LogP contribution in [0.25, 0.3) is 87.3 Å². The number of hydrogen-bond acceptors (Lipinski definition) is 1. The van der Waals surface area contributed by atoms with Crippen LogP contribution in [0.1, 0.15) is 8.22 Å². The van der Waals surface area contributed by atoms with E-state index in [1.54, 1.807) is 0 Å². The number of benzene rings is 8. The van der Waals surface area contributed by atoms with E-state index in [1.807, 2.05) is 30.3 Å². The summed E-state index contributed by atoms with van der Waals surface area (Å²) in [5.74, 6) is 0. The maximum Gasteiger partial charge on any atom is 0.143 e.